The fourth-order valence-electron chi connectivity index (χ4n) is 2.41. The minimum atomic E-state index is -4.79. The molecule has 5 heteroatoms. The first-order valence-corrected chi connectivity index (χ1v) is 6.48. The molecule has 0 bridgehead atoms. The number of benzene rings is 3. The van der Waals surface area contributed by atoms with E-state index in [0.29, 0.717) is 16.3 Å². The number of hydrogen-bond donors (Lipinski definition) is 0. The lowest BCUT2D eigenvalue weighted by atomic mass is 9.97. The summed E-state index contributed by atoms with van der Waals surface area (Å²) in [5.41, 5.74) is 0.743. The van der Waals surface area contributed by atoms with Crippen LogP contribution in [0, 0.1) is 5.82 Å². The molecule has 3 aromatic carbocycles. The molecule has 3 aromatic rings. The van der Waals surface area contributed by atoms with Crippen molar-refractivity contribution in [3.63, 3.8) is 0 Å². The number of halogens is 4. The molecule has 0 spiro atoms. The van der Waals surface area contributed by atoms with Gasteiger partial charge in [0.1, 0.15) is 11.6 Å². The molecular formula is C17H10F4O. The maximum Gasteiger partial charge on any atom is 0.573 e. The zero-order chi connectivity index (χ0) is 15.7. The fourth-order valence-corrected chi connectivity index (χ4v) is 2.41. The van der Waals surface area contributed by atoms with Crippen LogP contribution in [0.25, 0.3) is 21.9 Å². The highest BCUT2D eigenvalue weighted by Crippen LogP contribution is 2.37. The van der Waals surface area contributed by atoms with Gasteiger partial charge in [-0.15, -0.1) is 13.2 Å². The van der Waals surface area contributed by atoms with Gasteiger partial charge in [-0.2, -0.15) is 0 Å². The first-order chi connectivity index (χ1) is 10.5. The summed E-state index contributed by atoms with van der Waals surface area (Å²) in [5, 5.41) is 0.877. The SMILES string of the molecule is Fc1cccc2c(-c3ccccc3OC(F)(F)F)cccc12. The Morgan fingerprint density at radius 2 is 1.32 bits per heavy atom. The largest absolute Gasteiger partial charge is 0.573 e. The molecule has 0 aliphatic rings. The van der Waals surface area contributed by atoms with E-state index in [1.807, 2.05) is 0 Å². The number of para-hydroxylation sites is 1. The van der Waals surface area contributed by atoms with Gasteiger partial charge in [0.05, 0.1) is 0 Å². The van der Waals surface area contributed by atoms with Gasteiger partial charge in [-0.25, -0.2) is 4.39 Å². The number of fused-ring (bicyclic) bond motifs is 1. The average Bonchev–Trinajstić information content (AvgIpc) is 2.46. The Balaban J connectivity index is 2.23. The molecule has 0 atom stereocenters. The highest BCUT2D eigenvalue weighted by molar-refractivity contribution is 5.98. The molecule has 112 valence electrons. The highest BCUT2D eigenvalue weighted by atomic mass is 19.4. The van der Waals surface area contributed by atoms with Crippen molar-refractivity contribution in [1.29, 1.82) is 0 Å². The van der Waals surface area contributed by atoms with Crippen LogP contribution in [0.5, 0.6) is 5.75 Å². The molecule has 0 radical (unpaired) electrons. The van der Waals surface area contributed by atoms with E-state index in [4.69, 9.17) is 0 Å². The van der Waals surface area contributed by atoms with E-state index in [1.165, 1.54) is 30.3 Å². The van der Waals surface area contributed by atoms with Gasteiger partial charge in [0, 0.05) is 10.9 Å². The molecule has 0 aliphatic carbocycles. The van der Waals surface area contributed by atoms with Crippen LogP contribution in [0.15, 0.2) is 60.7 Å². The van der Waals surface area contributed by atoms with Crippen LogP contribution in [-0.4, -0.2) is 6.36 Å². The van der Waals surface area contributed by atoms with E-state index < -0.39 is 12.2 Å². The standard InChI is InChI=1S/C17H10F4O/c18-15-9-4-7-11-12(6-3-8-13(11)15)14-5-1-2-10-16(14)22-17(19,20)21/h1-10H. The molecule has 0 aromatic heterocycles. The molecule has 0 N–H and O–H groups in total. The number of ether oxygens (including phenoxy) is 1. The Morgan fingerprint density at radius 1 is 0.682 bits per heavy atom. The predicted molar refractivity (Wildman–Crippen MR) is 76.0 cm³/mol. The van der Waals surface area contributed by atoms with Gasteiger partial charge in [-0.1, -0.05) is 48.5 Å². The summed E-state index contributed by atoms with van der Waals surface area (Å²) in [6.45, 7) is 0. The van der Waals surface area contributed by atoms with Crippen LogP contribution in [-0.2, 0) is 0 Å². The molecule has 0 unspecified atom stereocenters. The Bertz CT molecular complexity index is 824. The Morgan fingerprint density at radius 3 is 2.09 bits per heavy atom. The summed E-state index contributed by atoms with van der Waals surface area (Å²) in [6, 6.07) is 15.1. The summed E-state index contributed by atoms with van der Waals surface area (Å²) >= 11 is 0. The summed E-state index contributed by atoms with van der Waals surface area (Å²) in [4.78, 5) is 0. The molecule has 0 saturated carbocycles. The van der Waals surface area contributed by atoms with Gasteiger partial charge >= 0.3 is 6.36 Å². The lowest BCUT2D eigenvalue weighted by molar-refractivity contribution is -0.274. The number of hydrogen-bond acceptors (Lipinski definition) is 1. The van der Waals surface area contributed by atoms with Crippen LogP contribution in [0.1, 0.15) is 0 Å². The molecule has 0 fully saturated rings. The van der Waals surface area contributed by atoms with Crippen LogP contribution < -0.4 is 4.74 Å². The topological polar surface area (TPSA) is 9.23 Å². The van der Waals surface area contributed by atoms with Crippen molar-refractivity contribution in [1.82, 2.24) is 0 Å². The summed E-state index contributed by atoms with van der Waals surface area (Å²) in [6.07, 6.45) is -4.79. The van der Waals surface area contributed by atoms with Crippen molar-refractivity contribution in [2.75, 3.05) is 0 Å². The van der Waals surface area contributed by atoms with Gasteiger partial charge in [-0.05, 0) is 23.1 Å². The van der Waals surface area contributed by atoms with Gasteiger partial charge < -0.3 is 4.74 Å². The molecule has 0 saturated heterocycles. The minimum Gasteiger partial charge on any atom is -0.405 e. The van der Waals surface area contributed by atoms with Crippen molar-refractivity contribution >= 4 is 10.8 Å². The number of rotatable bonds is 2. The maximum absolute atomic E-state index is 13.8. The maximum atomic E-state index is 13.8. The van der Waals surface area contributed by atoms with E-state index in [1.54, 1.807) is 30.3 Å². The quantitative estimate of drug-likeness (QED) is 0.564. The zero-order valence-electron chi connectivity index (χ0n) is 11.2. The fraction of sp³-hybridized carbons (Fsp3) is 0.0588. The van der Waals surface area contributed by atoms with Crippen LogP contribution >= 0.6 is 0 Å². The molecule has 0 heterocycles. The van der Waals surface area contributed by atoms with Gasteiger partial charge in [-0.3, -0.25) is 0 Å². The van der Waals surface area contributed by atoms with Crippen molar-refractivity contribution in [3.8, 4) is 16.9 Å². The highest BCUT2D eigenvalue weighted by Gasteiger charge is 2.32. The van der Waals surface area contributed by atoms with Gasteiger partial charge in [0.15, 0.2) is 0 Å². The summed E-state index contributed by atoms with van der Waals surface area (Å²) < 4.78 is 55.5. The average molecular weight is 306 g/mol. The van der Waals surface area contributed by atoms with E-state index >= 15 is 0 Å². The van der Waals surface area contributed by atoms with Gasteiger partial charge in [0.25, 0.3) is 0 Å². The third-order valence-corrected chi connectivity index (χ3v) is 3.27. The third-order valence-electron chi connectivity index (χ3n) is 3.27. The second-order valence-electron chi connectivity index (χ2n) is 4.68. The number of alkyl halides is 3. The Kier molecular flexibility index (Phi) is 3.48. The van der Waals surface area contributed by atoms with E-state index in [-0.39, 0.29) is 11.3 Å². The second-order valence-corrected chi connectivity index (χ2v) is 4.68. The minimum absolute atomic E-state index is 0.260. The molecule has 0 aliphatic heterocycles. The normalized spacial score (nSPS) is 11.6. The van der Waals surface area contributed by atoms with Crippen molar-refractivity contribution in [3.05, 3.63) is 66.5 Å². The predicted octanol–water partition coefficient (Wildman–Crippen LogP) is 5.54. The smallest absolute Gasteiger partial charge is 0.405 e. The van der Waals surface area contributed by atoms with E-state index in [0.717, 1.165) is 0 Å². The third kappa shape index (κ3) is 2.74. The monoisotopic (exact) mass is 306 g/mol. The Labute approximate surface area is 123 Å². The van der Waals surface area contributed by atoms with Crippen LogP contribution in [0.2, 0.25) is 0 Å². The van der Waals surface area contributed by atoms with Crippen LogP contribution in [0.4, 0.5) is 17.6 Å². The molecule has 0 amide bonds. The zero-order valence-corrected chi connectivity index (χ0v) is 11.2. The first-order valence-electron chi connectivity index (χ1n) is 6.48. The molecular weight excluding hydrogens is 296 g/mol. The van der Waals surface area contributed by atoms with Crippen LogP contribution in [0.3, 0.4) is 0 Å². The second kappa shape index (κ2) is 5.33. The summed E-state index contributed by atoms with van der Waals surface area (Å²) in [7, 11) is 0. The molecule has 3 rings (SSSR count). The lowest BCUT2D eigenvalue weighted by Crippen LogP contribution is -2.17. The van der Waals surface area contributed by atoms with Crippen molar-refractivity contribution < 1.29 is 22.3 Å². The van der Waals surface area contributed by atoms with E-state index in [2.05, 4.69) is 4.74 Å². The molecule has 22 heavy (non-hydrogen) atoms. The van der Waals surface area contributed by atoms with Crippen molar-refractivity contribution in [2.45, 2.75) is 6.36 Å². The Hall–Kier alpha value is -2.56. The van der Waals surface area contributed by atoms with Crippen molar-refractivity contribution in [2.24, 2.45) is 0 Å². The summed E-state index contributed by atoms with van der Waals surface area (Å²) in [5.74, 6) is -0.736. The van der Waals surface area contributed by atoms with E-state index in [9.17, 15) is 17.6 Å². The van der Waals surface area contributed by atoms with Gasteiger partial charge in [0.2, 0.25) is 0 Å². The first kappa shape index (κ1) is 14.4. The lowest BCUT2D eigenvalue weighted by Gasteiger charge is -2.14. The molecule has 1 nitrogen and oxygen atoms in total.